The molecule has 2 aliphatic rings. The first-order chi connectivity index (χ1) is 26.8. The van der Waals surface area contributed by atoms with Gasteiger partial charge in [-0.05, 0) is 67.8 Å². The molecule has 256 valence electrons. The number of hydrogen-bond acceptors (Lipinski definition) is 0. The molecule has 0 amide bonds. The normalized spacial score (nSPS) is 18.3. The minimum Gasteiger partial charge on any atom is -0.545 e. The molecule has 3 nitrogen and oxygen atoms in total. The van der Waals surface area contributed by atoms with E-state index in [1.165, 1.54) is 82.4 Å². The van der Waals surface area contributed by atoms with Crippen molar-refractivity contribution in [1.82, 2.24) is 4.68 Å². The number of hydrogen-bond donors (Lipinski definition) is 1. The molecule has 1 aromatic heterocycles. The Morgan fingerprint density at radius 2 is 0.981 bits per heavy atom. The van der Waals surface area contributed by atoms with E-state index in [2.05, 4.69) is 211 Å². The van der Waals surface area contributed by atoms with Gasteiger partial charge in [0.2, 0.25) is 0 Å². The summed E-state index contributed by atoms with van der Waals surface area (Å²) >= 11 is 0. The standard InChI is InChI=1S/C51H36N3/c1-6-18-35(19-7-1)38-30-31-42-46(34-38)53(54-49(36-20-8-2-9-21-36)52-50(54)37-22-10-3-11-23-37)45-33-32-44-47(48(42)45)41-28-16-17-29-43(41)51(44,39-24-12-4-13-25-39)40-26-14-5-15-27-40/h1-34,49-50H/q-1/p+1. The van der Waals surface area contributed by atoms with Gasteiger partial charge in [-0.1, -0.05) is 194 Å². The largest absolute Gasteiger partial charge is 0.545 e. The first-order valence-corrected chi connectivity index (χ1v) is 18.9. The highest BCUT2D eigenvalue weighted by Crippen LogP contribution is 2.58. The molecule has 1 saturated heterocycles. The van der Waals surface area contributed by atoms with Crippen LogP contribution >= 0.6 is 0 Å². The van der Waals surface area contributed by atoms with Gasteiger partial charge in [0.05, 0.1) is 17.7 Å². The van der Waals surface area contributed by atoms with E-state index >= 15 is 0 Å². The van der Waals surface area contributed by atoms with Crippen molar-refractivity contribution in [1.29, 1.82) is 0 Å². The van der Waals surface area contributed by atoms with Gasteiger partial charge >= 0.3 is 0 Å². The molecule has 9 aromatic rings. The Morgan fingerprint density at radius 1 is 0.444 bits per heavy atom. The molecule has 1 fully saturated rings. The van der Waals surface area contributed by atoms with E-state index in [0.717, 1.165) is 0 Å². The third-order valence-electron chi connectivity index (χ3n) is 11.8. The van der Waals surface area contributed by atoms with E-state index < -0.39 is 5.41 Å². The highest BCUT2D eigenvalue weighted by molar-refractivity contribution is 6.18. The van der Waals surface area contributed by atoms with E-state index in [9.17, 15) is 0 Å². The molecular weight excluding hydrogens is 655 g/mol. The van der Waals surface area contributed by atoms with Crippen molar-refractivity contribution >= 4 is 21.8 Å². The Labute approximate surface area is 315 Å². The van der Waals surface area contributed by atoms with Gasteiger partial charge in [0, 0.05) is 10.8 Å². The van der Waals surface area contributed by atoms with Gasteiger partial charge in [-0.15, -0.1) is 0 Å². The molecule has 1 N–H and O–H groups in total. The molecule has 0 bridgehead atoms. The molecule has 0 radical (unpaired) electrons. The summed E-state index contributed by atoms with van der Waals surface area (Å²) in [6.07, 6.45) is -0.132. The number of nitrogens with one attached hydrogen (secondary N) is 1. The fraction of sp³-hybridized carbons (Fsp3) is 0.0588. The Bertz CT molecular complexity index is 2710. The molecule has 0 saturated carbocycles. The van der Waals surface area contributed by atoms with Crippen LogP contribution in [0.3, 0.4) is 0 Å². The van der Waals surface area contributed by atoms with Gasteiger partial charge < -0.3 is 5.32 Å². The van der Waals surface area contributed by atoms with Crippen LogP contribution in [-0.4, -0.2) is 4.68 Å². The van der Waals surface area contributed by atoms with Crippen LogP contribution in [0.1, 0.15) is 45.7 Å². The number of quaternary nitrogens is 1. The molecule has 1 aliphatic carbocycles. The van der Waals surface area contributed by atoms with Crippen LogP contribution in [0.25, 0.3) is 49.4 Å². The number of aromatic nitrogens is 1. The van der Waals surface area contributed by atoms with Crippen molar-refractivity contribution in [3.63, 3.8) is 0 Å². The van der Waals surface area contributed by atoms with E-state index in [4.69, 9.17) is 5.32 Å². The van der Waals surface area contributed by atoms with Gasteiger partial charge in [-0.2, -0.15) is 4.68 Å². The van der Waals surface area contributed by atoms with Gasteiger partial charge in [-0.25, -0.2) is 5.01 Å². The number of benzene rings is 8. The third kappa shape index (κ3) is 4.43. The number of nitrogens with zero attached hydrogens (tertiary/aromatic N) is 2. The lowest BCUT2D eigenvalue weighted by atomic mass is 9.67. The van der Waals surface area contributed by atoms with Crippen molar-refractivity contribution in [2.24, 2.45) is 0 Å². The molecule has 2 unspecified atom stereocenters. The predicted octanol–water partition coefficient (Wildman–Crippen LogP) is 11.3. The lowest BCUT2D eigenvalue weighted by molar-refractivity contribution is -1.02. The van der Waals surface area contributed by atoms with Gasteiger partial charge in [0.15, 0.2) is 0 Å². The summed E-state index contributed by atoms with van der Waals surface area (Å²) in [7, 11) is 0. The third-order valence-corrected chi connectivity index (χ3v) is 11.8. The second-order valence-corrected chi connectivity index (χ2v) is 14.5. The minimum atomic E-state index is -0.473. The maximum Gasteiger partial charge on any atom is 0.103 e. The van der Waals surface area contributed by atoms with Crippen LogP contribution in [-0.2, 0) is 5.41 Å². The molecule has 11 rings (SSSR count). The summed E-state index contributed by atoms with van der Waals surface area (Å²) in [5, 5.41) is 9.29. The van der Waals surface area contributed by atoms with Crippen LogP contribution in [0.5, 0.6) is 0 Å². The van der Waals surface area contributed by atoms with Gasteiger partial charge in [-0.3, -0.25) is 0 Å². The predicted molar refractivity (Wildman–Crippen MR) is 220 cm³/mol. The molecule has 3 heteroatoms. The van der Waals surface area contributed by atoms with Crippen LogP contribution in [0, 0.1) is 0 Å². The van der Waals surface area contributed by atoms with Crippen LogP contribution in [0.15, 0.2) is 206 Å². The summed E-state index contributed by atoms with van der Waals surface area (Å²) < 4.78 is 2.58. The zero-order chi connectivity index (χ0) is 35.6. The van der Waals surface area contributed by atoms with E-state index in [1.807, 2.05) is 0 Å². The molecule has 0 spiro atoms. The van der Waals surface area contributed by atoms with Crippen LogP contribution < -0.4 is 5.01 Å². The zero-order valence-corrected chi connectivity index (χ0v) is 29.7. The van der Waals surface area contributed by atoms with E-state index in [1.54, 1.807) is 0 Å². The minimum absolute atomic E-state index is 0.0659. The number of rotatable bonds is 6. The fourth-order valence-corrected chi connectivity index (χ4v) is 9.53. The Kier molecular flexibility index (Phi) is 7.06. The second-order valence-electron chi connectivity index (χ2n) is 14.5. The highest BCUT2D eigenvalue weighted by atomic mass is 15.7. The van der Waals surface area contributed by atoms with Crippen molar-refractivity contribution in [3.05, 3.63) is 245 Å². The average Bonchev–Trinajstić information content (AvgIpc) is 3.72. The number of fused-ring (bicyclic) bond motifs is 7. The maximum absolute atomic E-state index is 5.45. The molecule has 2 atom stereocenters. The summed E-state index contributed by atoms with van der Waals surface area (Å²) in [6.45, 7) is 0. The van der Waals surface area contributed by atoms with E-state index in [-0.39, 0.29) is 12.3 Å². The Balaban J connectivity index is 1.27. The quantitative estimate of drug-likeness (QED) is 0.179. The van der Waals surface area contributed by atoms with Gasteiger partial charge in [0.1, 0.15) is 11.0 Å². The summed E-state index contributed by atoms with van der Waals surface area (Å²) in [5.74, 6) is 0. The van der Waals surface area contributed by atoms with Crippen LogP contribution in [0.2, 0.25) is 0 Å². The first-order valence-electron chi connectivity index (χ1n) is 18.9. The summed E-state index contributed by atoms with van der Waals surface area (Å²) in [5.41, 5.74) is 14.6. The monoisotopic (exact) mass is 691 g/mol. The second kappa shape index (κ2) is 12.3. The smallest absolute Gasteiger partial charge is 0.103 e. The molecule has 54 heavy (non-hydrogen) atoms. The maximum atomic E-state index is 5.45. The van der Waals surface area contributed by atoms with Crippen molar-refractivity contribution in [2.45, 2.75) is 17.7 Å². The Hall–Kier alpha value is -6.52. The zero-order valence-electron chi connectivity index (χ0n) is 29.7. The first kappa shape index (κ1) is 31.0. The van der Waals surface area contributed by atoms with E-state index in [0.29, 0.717) is 0 Å². The topological polar surface area (TPSA) is 23.5 Å². The lowest BCUT2D eigenvalue weighted by Gasteiger charge is -2.57. The fourth-order valence-electron chi connectivity index (χ4n) is 9.53. The summed E-state index contributed by atoms with van der Waals surface area (Å²) in [6, 6.07) is 75.6. The molecule has 8 aromatic carbocycles. The highest BCUT2D eigenvalue weighted by Gasteiger charge is 2.47. The Morgan fingerprint density at radius 3 is 1.59 bits per heavy atom. The van der Waals surface area contributed by atoms with Gasteiger partial charge in [0.25, 0.3) is 0 Å². The van der Waals surface area contributed by atoms with Crippen molar-refractivity contribution in [2.75, 3.05) is 0 Å². The average molecular weight is 692 g/mol. The summed E-state index contributed by atoms with van der Waals surface area (Å²) in [4.78, 5) is 0. The SMILES string of the molecule is c1ccc(-c2ccc3c4c5c(ccc4n([NH+]4C(c6ccccc6)[N-]C4c4ccccc4)c3c2)C(c2ccccc2)(c2ccccc2)c2ccccc2-5)cc1. The molecular formula is C51H37N3. The van der Waals surface area contributed by atoms with Crippen molar-refractivity contribution < 1.29 is 5.01 Å². The lowest BCUT2D eigenvalue weighted by Crippen LogP contribution is -3.19. The molecule has 1 aliphatic heterocycles. The molecule has 2 heterocycles. The van der Waals surface area contributed by atoms with Crippen LogP contribution in [0.4, 0.5) is 0 Å². The van der Waals surface area contributed by atoms with Crippen molar-refractivity contribution in [3.8, 4) is 22.3 Å².